The van der Waals surface area contributed by atoms with Crippen LogP contribution in [-0.4, -0.2) is 57.2 Å². The lowest BCUT2D eigenvalue weighted by atomic mass is 10.2. The minimum Gasteiger partial charge on any atom is -0.497 e. The Morgan fingerprint density at radius 2 is 1.88 bits per heavy atom. The van der Waals surface area contributed by atoms with Crippen LogP contribution in [0.3, 0.4) is 0 Å². The van der Waals surface area contributed by atoms with Crippen LogP contribution in [0.5, 0.6) is 5.75 Å². The third kappa shape index (κ3) is 6.76. The van der Waals surface area contributed by atoms with Crippen LogP contribution in [0.25, 0.3) is 0 Å². The number of allylic oxidation sites excluding steroid dienone is 1. The predicted octanol–water partition coefficient (Wildman–Crippen LogP) is 3.37. The van der Waals surface area contributed by atoms with E-state index in [9.17, 15) is 0 Å². The van der Waals surface area contributed by atoms with Gasteiger partial charge in [-0.15, -0.1) is 24.0 Å². The number of nitrogens with zero attached hydrogens (tertiary/aromatic N) is 3. The molecule has 1 aromatic rings. The molecule has 0 unspecified atom stereocenters. The van der Waals surface area contributed by atoms with Crippen molar-refractivity contribution in [3.63, 3.8) is 0 Å². The van der Waals surface area contributed by atoms with Gasteiger partial charge >= 0.3 is 0 Å². The van der Waals surface area contributed by atoms with Crippen molar-refractivity contribution < 1.29 is 4.74 Å². The fraction of sp³-hybridized carbons (Fsp3) is 0.526. The summed E-state index contributed by atoms with van der Waals surface area (Å²) in [5.41, 5.74) is 1.26. The summed E-state index contributed by atoms with van der Waals surface area (Å²) >= 11 is 0. The van der Waals surface area contributed by atoms with E-state index in [1.807, 2.05) is 19.1 Å². The number of hydrogen-bond acceptors (Lipinski definition) is 3. The third-order valence-electron chi connectivity index (χ3n) is 4.14. The second kappa shape index (κ2) is 12.0. The molecule has 0 radical (unpaired) electrons. The lowest BCUT2D eigenvalue weighted by Crippen LogP contribution is -2.52. The molecule has 140 valence electrons. The van der Waals surface area contributed by atoms with Gasteiger partial charge in [0.2, 0.25) is 0 Å². The minimum atomic E-state index is 0. The standard InChI is InChI=1S/C19H30N4O.HI/c1-4-6-7-12-21-19(20-5-2)23-15-13-22(14-16-23)17-8-10-18(24-3)11-9-17;/h4,6,8-11H,5,7,12-16H2,1-3H3,(H,20,21);1H/b6-4+;. The van der Waals surface area contributed by atoms with E-state index in [2.05, 4.69) is 46.3 Å². The molecule has 0 spiro atoms. The Hall–Kier alpha value is -1.44. The number of rotatable bonds is 6. The maximum atomic E-state index is 5.23. The maximum absolute atomic E-state index is 5.23. The molecule has 1 saturated heterocycles. The van der Waals surface area contributed by atoms with Gasteiger partial charge in [0, 0.05) is 45.0 Å². The van der Waals surface area contributed by atoms with E-state index in [1.165, 1.54) is 5.69 Å². The zero-order chi connectivity index (χ0) is 17.2. The van der Waals surface area contributed by atoms with Gasteiger partial charge in [-0.3, -0.25) is 4.99 Å². The Morgan fingerprint density at radius 1 is 1.20 bits per heavy atom. The van der Waals surface area contributed by atoms with Gasteiger partial charge in [0.05, 0.1) is 7.11 Å². The highest BCUT2D eigenvalue weighted by Gasteiger charge is 2.19. The number of ether oxygens (including phenoxy) is 1. The zero-order valence-electron chi connectivity index (χ0n) is 15.6. The largest absolute Gasteiger partial charge is 0.497 e. The molecule has 0 saturated carbocycles. The highest BCUT2D eigenvalue weighted by atomic mass is 127. The molecular weight excluding hydrogens is 427 g/mol. The van der Waals surface area contributed by atoms with Crippen LogP contribution in [-0.2, 0) is 0 Å². The van der Waals surface area contributed by atoms with Gasteiger partial charge in [-0.25, -0.2) is 0 Å². The van der Waals surface area contributed by atoms with Gasteiger partial charge < -0.3 is 19.9 Å². The van der Waals surface area contributed by atoms with Crippen molar-refractivity contribution in [1.29, 1.82) is 0 Å². The third-order valence-corrected chi connectivity index (χ3v) is 4.14. The van der Waals surface area contributed by atoms with Crippen LogP contribution in [0.15, 0.2) is 41.4 Å². The molecule has 6 heteroatoms. The number of hydrogen-bond donors (Lipinski definition) is 1. The van der Waals surface area contributed by atoms with Gasteiger partial charge in [-0.1, -0.05) is 12.2 Å². The van der Waals surface area contributed by atoms with Crippen LogP contribution < -0.4 is 15.0 Å². The van der Waals surface area contributed by atoms with Gasteiger partial charge in [0.1, 0.15) is 5.75 Å². The molecule has 1 N–H and O–H groups in total. The molecule has 0 aromatic heterocycles. The highest BCUT2D eigenvalue weighted by molar-refractivity contribution is 14.0. The Balaban J connectivity index is 0.00000312. The molecular formula is C19H31IN4O. The van der Waals surface area contributed by atoms with Gasteiger partial charge in [0.25, 0.3) is 0 Å². The van der Waals surface area contributed by atoms with Crippen LogP contribution in [0.1, 0.15) is 20.3 Å². The van der Waals surface area contributed by atoms with E-state index in [0.717, 1.165) is 57.4 Å². The van der Waals surface area contributed by atoms with Crippen molar-refractivity contribution in [1.82, 2.24) is 10.2 Å². The number of methoxy groups -OCH3 is 1. The average Bonchev–Trinajstić information content (AvgIpc) is 2.64. The number of guanidine groups is 1. The van der Waals surface area contributed by atoms with Crippen molar-refractivity contribution in [2.24, 2.45) is 4.99 Å². The van der Waals surface area contributed by atoms with Crippen molar-refractivity contribution in [2.45, 2.75) is 20.3 Å². The monoisotopic (exact) mass is 458 g/mol. The summed E-state index contributed by atoms with van der Waals surface area (Å²) in [4.78, 5) is 9.52. The summed E-state index contributed by atoms with van der Waals surface area (Å²) < 4.78 is 5.23. The first-order valence-corrected chi connectivity index (χ1v) is 8.82. The number of halogens is 1. The molecule has 1 aromatic carbocycles. The Labute approximate surface area is 169 Å². The number of nitrogens with one attached hydrogen (secondary N) is 1. The molecule has 1 fully saturated rings. The summed E-state index contributed by atoms with van der Waals surface area (Å²) in [5, 5.41) is 3.42. The SMILES string of the molecule is C/C=C/CCN=C(NCC)N1CCN(c2ccc(OC)cc2)CC1.I. The lowest BCUT2D eigenvalue weighted by Gasteiger charge is -2.37. The first-order valence-electron chi connectivity index (χ1n) is 8.82. The van der Waals surface area contributed by atoms with Crippen molar-refractivity contribution in [2.75, 3.05) is 51.3 Å². The topological polar surface area (TPSA) is 40.1 Å². The molecule has 0 aliphatic carbocycles. The first kappa shape index (κ1) is 21.6. The van der Waals surface area contributed by atoms with E-state index in [4.69, 9.17) is 9.73 Å². The van der Waals surface area contributed by atoms with Gasteiger partial charge in [0.15, 0.2) is 5.96 Å². The van der Waals surface area contributed by atoms with E-state index in [0.29, 0.717) is 0 Å². The lowest BCUT2D eigenvalue weighted by molar-refractivity contribution is 0.372. The summed E-state index contributed by atoms with van der Waals surface area (Å²) in [6.45, 7) is 9.90. The van der Waals surface area contributed by atoms with E-state index < -0.39 is 0 Å². The van der Waals surface area contributed by atoms with Crippen LogP contribution in [0.2, 0.25) is 0 Å². The summed E-state index contributed by atoms with van der Waals surface area (Å²) in [5.74, 6) is 1.94. The summed E-state index contributed by atoms with van der Waals surface area (Å²) in [6.07, 6.45) is 5.24. The molecule has 1 aliphatic heterocycles. The van der Waals surface area contributed by atoms with Crippen molar-refractivity contribution in [3.05, 3.63) is 36.4 Å². The second-order valence-electron chi connectivity index (χ2n) is 5.77. The maximum Gasteiger partial charge on any atom is 0.194 e. The van der Waals surface area contributed by atoms with Crippen LogP contribution in [0, 0.1) is 0 Å². The average molecular weight is 458 g/mol. The quantitative estimate of drug-likeness (QED) is 0.233. The summed E-state index contributed by atoms with van der Waals surface area (Å²) in [7, 11) is 1.70. The fourth-order valence-corrected chi connectivity index (χ4v) is 2.81. The smallest absolute Gasteiger partial charge is 0.194 e. The number of piperazine rings is 1. The molecule has 25 heavy (non-hydrogen) atoms. The molecule has 0 amide bonds. The minimum absolute atomic E-state index is 0. The van der Waals surface area contributed by atoms with Crippen molar-refractivity contribution in [3.8, 4) is 5.75 Å². The highest BCUT2D eigenvalue weighted by Crippen LogP contribution is 2.20. The molecule has 5 nitrogen and oxygen atoms in total. The molecule has 0 atom stereocenters. The second-order valence-corrected chi connectivity index (χ2v) is 5.77. The molecule has 2 rings (SSSR count). The molecule has 1 heterocycles. The van der Waals surface area contributed by atoms with Gasteiger partial charge in [-0.2, -0.15) is 0 Å². The number of anilines is 1. The summed E-state index contributed by atoms with van der Waals surface area (Å²) in [6, 6.07) is 8.30. The Kier molecular flexibility index (Phi) is 10.4. The first-order chi connectivity index (χ1) is 11.8. The number of benzene rings is 1. The van der Waals surface area contributed by atoms with E-state index in [1.54, 1.807) is 7.11 Å². The molecule has 1 aliphatic rings. The normalized spacial score (nSPS) is 15.2. The van der Waals surface area contributed by atoms with Gasteiger partial charge in [-0.05, 0) is 44.5 Å². The van der Waals surface area contributed by atoms with E-state index in [-0.39, 0.29) is 24.0 Å². The fourth-order valence-electron chi connectivity index (χ4n) is 2.81. The van der Waals surface area contributed by atoms with Crippen LogP contribution >= 0.6 is 24.0 Å². The van der Waals surface area contributed by atoms with Crippen molar-refractivity contribution >= 4 is 35.6 Å². The predicted molar refractivity (Wildman–Crippen MR) is 118 cm³/mol. The van der Waals surface area contributed by atoms with Crippen LogP contribution in [0.4, 0.5) is 5.69 Å². The Morgan fingerprint density at radius 3 is 2.44 bits per heavy atom. The molecule has 0 bridgehead atoms. The van der Waals surface area contributed by atoms with E-state index >= 15 is 0 Å². The zero-order valence-corrected chi connectivity index (χ0v) is 17.9. The number of aliphatic imine (C=N–C) groups is 1. The Bertz CT molecular complexity index is 537.